The van der Waals surface area contributed by atoms with Gasteiger partial charge in [0, 0.05) is 25.8 Å². The Morgan fingerprint density at radius 2 is 1.90 bits per heavy atom. The minimum absolute atomic E-state index is 0.0676. The summed E-state index contributed by atoms with van der Waals surface area (Å²) in [6, 6.07) is 14.5. The normalized spacial score (nSPS) is 17.5. The van der Waals surface area contributed by atoms with Gasteiger partial charge in [0.15, 0.2) is 0 Å². The molecule has 0 aliphatic carbocycles. The zero-order chi connectivity index (χ0) is 20.9. The molecule has 0 radical (unpaired) electrons. The first-order valence-electron chi connectivity index (χ1n) is 11.3. The molecule has 2 aromatic rings. The standard InChI is InChI=1S/C25H33N3O2/c1-3-30-24-10-6-5-9-21(24)25(29)26-18-23(28-14-7-4-8-15-28)19-11-12-22-20(17-19)13-16-27(22)2/h5-6,9-12,17,23H,3-4,7-8,13-16,18H2,1-2H3,(H,26,29)/t23-/m1/s1. The van der Waals surface area contributed by atoms with Crippen molar-refractivity contribution in [3.05, 3.63) is 59.2 Å². The maximum Gasteiger partial charge on any atom is 0.255 e. The highest BCUT2D eigenvalue weighted by Gasteiger charge is 2.25. The molecule has 5 nitrogen and oxygen atoms in total. The number of carbonyl (C=O) groups excluding carboxylic acids is 1. The number of para-hydroxylation sites is 1. The summed E-state index contributed by atoms with van der Waals surface area (Å²) in [5, 5.41) is 3.20. The minimum Gasteiger partial charge on any atom is -0.493 e. The summed E-state index contributed by atoms with van der Waals surface area (Å²) in [7, 11) is 2.16. The van der Waals surface area contributed by atoms with E-state index in [4.69, 9.17) is 4.74 Å². The summed E-state index contributed by atoms with van der Waals surface area (Å²) in [6.45, 7) is 6.35. The van der Waals surface area contributed by atoms with Gasteiger partial charge in [0.2, 0.25) is 0 Å². The molecule has 5 heteroatoms. The Morgan fingerprint density at radius 3 is 2.70 bits per heavy atom. The molecular formula is C25H33N3O2. The Kier molecular flexibility index (Phi) is 6.58. The van der Waals surface area contributed by atoms with Crippen LogP contribution in [0.5, 0.6) is 5.75 Å². The second-order valence-corrected chi connectivity index (χ2v) is 8.31. The second kappa shape index (κ2) is 9.52. The zero-order valence-electron chi connectivity index (χ0n) is 18.2. The number of likely N-dealkylation sites (tertiary alicyclic amines) is 1. The smallest absolute Gasteiger partial charge is 0.255 e. The Morgan fingerprint density at radius 1 is 1.10 bits per heavy atom. The fourth-order valence-corrected chi connectivity index (χ4v) is 4.70. The lowest BCUT2D eigenvalue weighted by Gasteiger charge is -2.35. The van der Waals surface area contributed by atoms with Gasteiger partial charge >= 0.3 is 0 Å². The molecule has 2 aliphatic heterocycles. The minimum atomic E-state index is -0.0676. The summed E-state index contributed by atoms with van der Waals surface area (Å²) in [5.74, 6) is 0.578. The Hall–Kier alpha value is -2.53. The molecule has 0 saturated carbocycles. The maximum absolute atomic E-state index is 13.0. The molecule has 0 spiro atoms. The molecule has 1 N–H and O–H groups in total. The van der Waals surface area contributed by atoms with Crippen LogP contribution in [0.2, 0.25) is 0 Å². The molecule has 2 aromatic carbocycles. The number of anilines is 1. The van der Waals surface area contributed by atoms with E-state index in [0.717, 1.165) is 26.1 Å². The van der Waals surface area contributed by atoms with Crippen molar-refractivity contribution in [1.29, 1.82) is 0 Å². The van der Waals surface area contributed by atoms with Crippen LogP contribution in [0.4, 0.5) is 5.69 Å². The van der Waals surface area contributed by atoms with E-state index in [-0.39, 0.29) is 11.9 Å². The van der Waals surface area contributed by atoms with Gasteiger partial charge in [-0.25, -0.2) is 0 Å². The van der Waals surface area contributed by atoms with Gasteiger partial charge in [-0.05, 0) is 68.6 Å². The van der Waals surface area contributed by atoms with Crippen LogP contribution in [-0.4, -0.2) is 50.6 Å². The molecule has 0 aromatic heterocycles. The average molecular weight is 408 g/mol. The number of nitrogens with one attached hydrogen (secondary N) is 1. The summed E-state index contributed by atoms with van der Waals surface area (Å²) < 4.78 is 5.65. The number of amides is 1. The van der Waals surface area contributed by atoms with Crippen LogP contribution < -0.4 is 15.0 Å². The molecular weight excluding hydrogens is 374 g/mol. The first-order chi connectivity index (χ1) is 14.7. The van der Waals surface area contributed by atoms with Gasteiger partial charge < -0.3 is 15.0 Å². The Labute approximate surface area is 180 Å². The van der Waals surface area contributed by atoms with Gasteiger partial charge in [0.1, 0.15) is 5.75 Å². The fraction of sp³-hybridized carbons (Fsp3) is 0.480. The third kappa shape index (κ3) is 4.46. The first-order valence-corrected chi connectivity index (χ1v) is 11.3. The highest BCUT2D eigenvalue weighted by Crippen LogP contribution is 2.32. The van der Waals surface area contributed by atoms with E-state index in [1.54, 1.807) is 0 Å². The van der Waals surface area contributed by atoms with Gasteiger partial charge in [-0.15, -0.1) is 0 Å². The van der Waals surface area contributed by atoms with Crippen LogP contribution in [-0.2, 0) is 6.42 Å². The summed E-state index contributed by atoms with van der Waals surface area (Å²) in [6.07, 6.45) is 4.85. The number of fused-ring (bicyclic) bond motifs is 1. The molecule has 0 bridgehead atoms. The molecule has 1 saturated heterocycles. The van der Waals surface area contributed by atoms with Crippen molar-refractivity contribution in [2.75, 3.05) is 44.7 Å². The molecule has 1 amide bonds. The number of carbonyl (C=O) groups is 1. The number of rotatable bonds is 7. The van der Waals surface area contributed by atoms with Crippen molar-refractivity contribution in [3.8, 4) is 5.75 Å². The SMILES string of the molecule is CCOc1ccccc1C(=O)NC[C@H](c1ccc2c(c1)CCN2C)N1CCCCC1. The number of hydrogen-bond donors (Lipinski definition) is 1. The summed E-state index contributed by atoms with van der Waals surface area (Å²) in [4.78, 5) is 17.8. The van der Waals surface area contributed by atoms with E-state index in [1.165, 1.54) is 36.1 Å². The van der Waals surface area contributed by atoms with E-state index in [9.17, 15) is 4.79 Å². The van der Waals surface area contributed by atoms with Gasteiger partial charge in [-0.2, -0.15) is 0 Å². The van der Waals surface area contributed by atoms with Crippen molar-refractivity contribution >= 4 is 11.6 Å². The number of nitrogens with zero attached hydrogens (tertiary/aromatic N) is 2. The van der Waals surface area contributed by atoms with E-state index < -0.39 is 0 Å². The molecule has 0 unspecified atom stereocenters. The zero-order valence-corrected chi connectivity index (χ0v) is 18.2. The van der Waals surface area contributed by atoms with Crippen molar-refractivity contribution in [1.82, 2.24) is 10.2 Å². The molecule has 160 valence electrons. The van der Waals surface area contributed by atoms with Gasteiger partial charge in [-0.1, -0.05) is 30.7 Å². The monoisotopic (exact) mass is 407 g/mol. The quantitative estimate of drug-likeness (QED) is 0.753. The van der Waals surface area contributed by atoms with Crippen molar-refractivity contribution in [2.24, 2.45) is 0 Å². The van der Waals surface area contributed by atoms with Crippen LogP contribution >= 0.6 is 0 Å². The number of benzene rings is 2. The lowest BCUT2D eigenvalue weighted by atomic mass is 9.98. The molecule has 4 rings (SSSR count). The lowest BCUT2D eigenvalue weighted by molar-refractivity contribution is 0.0920. The Balaban J connectivity index is 1.53. The van der Waals surface area contributed by atoms with Crippen LogP contribution in [0.25, 0.3) is 0 Å². The maximum atomic E-state index is 13.0. The predicted molar refractivity (Wildman–Crippen MR) is 122 cm³/mol. The first kappa shape index (κ1) is 20.7. The molecule has 2 aliphatic rings. The highest BCUT2D eigenvalue weighted by molar-refractivity contribution is 5.96. The largest absolute Gasteiger partial charge is 0.493 e. The van der Waals surface area contributed by atoms with E-state index >= 15 is 0 Å². The van der Waals surface area contributed by atoms with E-state index in [1.807, 2.05) is 31.2 Å². The molecule has 1 atom stereocenters. The fourth-order valence-electron chi connectivity index (χ4n) is 4.70. The average Bonchev–Trinajstić information content (AvgIpc) is 3.15. The van der Waals surface area contributed by atoms with Crippen LogP contribution in [0.15, 0.2) is 42.5 Å². The number of piperidine rings is 1. The topological polar surface area (TPSA) is 44.8 Å². The van der Waals surface area contributed by atoms with Gasteiger partial charge in [-0.3, -0.25) is 9.69 Å². The number of ether oxygens (including phenoxy) is 1. The van der Waals surface area contributed by atoms with Crippen molar-refractivity contribution < 1.29 is 9.53 Å². The Bertz CT molecular complexity index is 876. The molecule has 30 heavy (non-hydrogen) atoms. The van der Waals surface area contributed by atoms with E-state index in [2.05, 4.69) is 40.4 Å². The lowest BCUT2D eigenvalue weighted by Crippen LogP contribution is -2.40. The number of hydrogen-bond acceptors (Lipinski definition) is 4. The third-order valence-electron chi connectivity index (χ3n) is 6.34. The van der Waals surface area contributed by atoms with Crippen molar-refractivity contribution in [3.63, 3.8) is 0 Å². The van der Waals surface area contributed by atoms with Crippen LogP contribution in [0.1, 0.15) is 53.7 Å². The van der Waals surface area contributed by atoms with Crippen LogP contribution in [0.3, 0.4) is 0 Å². The highest BCUT2D eigenvalue weighted by atomic mass is 16.5. The van der Waals surface area contributed by atoms with Crippen molar-refractivity contribution in [2.45, 2.75) is 38.6 Å². The predicted octanol–water partition coefficient (Wildman–Crippen LogP) is 4.03. The second-order valence-electron chi connectivity index (χ2n) is 8.31. The molecule has 2 heterocycles. The summed E-state index contributed by atoms with van der Waals surface area (Å²) in [5.41, 5.74) is 4.67. The third-order valence-corrected chi connectivity index (χ3v) is 6.34. The number of likely N-dealkylation sites (N-methyl/N-ethyl adjacent to an activating group) is 1. The molecule has 1 fully saturated rings. The summed E-state index contributed by atoms with van der Waals surface area (Å²) >= 11 is 0. The van der Waals surface area contributed by atoms with Crippen LogP contribution in [0, 0.1) is 0 Å². The van der Waals surface area contributed by atoms with Gasteiger partial charge in [0.25, 0.3) is 5.91 Å². The van der Waals surface area contributed by atoms with Gasteiger partial charge in [0.05, 0.1) is 18.2 Å². The van der Waals surface area contributed by atoms with E-state index in [0.29, 0.717) is 24.5 Å².